The first-order valence-corrected chi connectivity index (χ1v) is 27.7. The highest BCUT2D eigenvalue weighted by atomic mass is 15.3. The molecule has 3 heterocycles. The van der Waals surface area contributed by atoms with E-state index < -0.39 is 0 Å². The number of para-hydroxylation sites is 6. The standard InChI is InChI=1S/C75H51N7/c1-6-22-52(23-7-1)54-24-20-25-55(48-54)56-26-21-27-58(49-56)73-76-74(78-75(77-73)80(60-30-10-3-11-31-60)64-45-47-72-68(51-64)66-37-17-19-39-70(66)82(72)62-34-14-5-15-35-62)79(59-28-8-2-9-29-59)63-43-40-53(41-44-63)57-42-46-71-67(50-57)65-36-16-18-38-69(65)81(71)61-32-12-4-13-33-61/h1-51H. The van der Waals surface area contributed by atoms with Crippen LogP contribution in [0.15, 0.2) is 309 Å². The predicted molar refractivity (Wildman–Crippen MR) is 340 cm³/mol. The van der Waals surface area contributed by atoms with E-state index in [2.05, 4.69) is 316 Å². The van der Waals surface area contributed by atoms with E-state index in [1.807, 2.05) is 12.1 Å². The number of rotatable bonds is 12. The summed E-state index contributed by atoms with van der Waals surface area (Å²) in [6, 6.07) is 109. The van der Waals surface area contributed by atoms with Gasteiger partial charge < -0.3 is 9.13 Å². The summed E-state index contributed by atoms with van der Waals surface area (Å²) in [4.78, 5) is 20.9. The van der Waals surface area contributed by atoms with Crippen LogP contribution in [0.3, 0.4) is 0 Å². The van der Waals surface area contributed by atoms with Gasteiger partial charge in [0.2, 0.25) is 11.9 Å². The Bertz CT molecular complexity index is 4790. The van der Waals surface area contributed by atoms with Crippen molar-refractivity contribution in [2.45, 2.75) is 0 Å². The molecule has 7 heteroatoms. The Morgan fingerprint density at radius 2 is 0.573 bits per heavy atom. The Morgan fingerprint density at radius 1 is 0.220 bits per heavy atom. The molecular weight excluding hydrogens is 999 g/mol. The zero-order chi connectivity index (χ0) is 54.3. The Kier molecular flexibility index (Phi) is 12.0. The number of aromatic nitrogens is 5. The van der Waals surface area contributed by atoms with E-state index in [9.17, 15) is 0 Å². The van der Waals surface area contributed by atoms with Crippen LogP contribution in [0.1, 0.15) is 0 Å². The largest absolute Gasteiger partial charge is 0.309 e. The molecule has 0 aliphatic heterocycles. The zero-order valence-electron chi connectivity index (χ0n) is 44.6. The summed E-state index contributed by atoms with van der Waals surface area (Å²) in [5.74, 6) is 1.46. The van der Waals surface area contributed by atoms with Crippen LogP contribution in [-0.4, -0.2) is 24.1 Å². The molecule has 3 aromatic heterocycles. The van der Waals surface area contributed by atoms with Crippen LogP contribution >= 0.6 is 0 Å². The predicted octanol–water partition coefficient (Wildman–Crippen LogP) is 19.7. The Morgan fingerprint density at radius 3 is 1.13 bits per heavy atom. The third-order valence-corrected chi connectivity index (χ3v) is 15.5. The second kappa shape index (κ2) is 20.6. The van der Waals surface area contributed by atoms with Crippen LogP contribution in [0, 0.1) is 0 Å². The van der Waals surface area contributed by atoms with Crippen molar-refractivity contribution in [1.82, 2.24) is 24.1 Å². The lowest BCUT2D eigenvalue weighted by molar-refractivity contribution is 0.989. The van der Waals surface area contributed by atoms with Gasteiger partial charge in [-0.3, -0.25) is 9.80 Å². The third-order valence-electron chi connectivity index (χ3n) is 15.5. The SMILES string of the molecule is c1ccc(-c2cccc(-c3cccc(-c4nc(N(c5ccccc5)c5ccc(-c6ccc7c(c6)c6ccccc6n7-c6ccccc6)cc5)nc(N(c5ccccc5)c5ccc6c(c5)c5ccccc5n6-c5ccccc5)n4)c3)c2)cc1. The van der Waals surface area contributed by atoms with Crippen LogP contribution in [0.2, 0.25) is 0 Å². The third kappa shape index (κ3) is 8.70. The summed E-state index contributed by atoms with van der Waals surface area (Å²) in [6.45, 7) is 0. The van der Waals surface area contributed by atoms with Crippen LogP contribution < -0.4 is 9.80 Å². The topological polar surface area (TPSA) is 55.0 Å². The van der Waals surface area contributed by atoms with Gasteiger partial charge in [-0.1, -0.05) is 194 Å². The van der Waals surface area contributed by atoms with Gasteiger partial charge in [-0.15, -0.1) is 0 Å². The minimum atomic E-state index is 0.466. The van der Waals surface area contributed by atoms with Crippen molar-refractivity contribution in [2.24, 2.45) is 0 Å². The number of hydrogen-bond acceptors (Lipinski definition) is 5. The molecule has 12 aromatic carbocycles. The fourth-order valence-electron chi connectivity index (χ4n) is 11.7. The molecule has 0 radical (unpaired) electrons. The van der Waals surface area contributed by atoms with Gasteiger partial charge in [0.15, 0.2) is 5.82 Å². The molecule has 0 spiro atoms. The summed E-state index contributed by atoms with van der Waals surface area (Å²) in [5.41, 5.74) is 18.0. The molecule has 0 fully saturated rings. The van der Waals surface area contributed by atoms with Crippen LogP contribution in [0.25, 0.3) is 99.8 Å². The van der Waals surface area contributed by atoms with Gasteiger partial charge in [0, 0.05) is 61.2 Å². The van der Waals surface area contributed by atoms with E-state index in [4.69, 9.17) is 15.0 Å². The maximum absolute atomic E-state index is 5.58. The molecule has 0 N–H and O–H groups in total. The van der Waals surface area contributed by atoms with Crippen LogP contribution in [0.5, 0.6) is 0 Å². The van der Waals surface area contributed by atoms with E-state index in [0.29, 0.717) is 17.7 Å². The molecule has 0 amide bonds. The molecule has 7 nitrogen and oxygen atoms in total. The smallest absolute Gasteiger partial charge is 0.240 e. The Balaban J connectivity index is 0.904. The zero-order valence-corrected chi connectivity index (χ0v) is 44.6. The quantitative estimate of drug-likeness (QED) is 0.122. The lowest BCUT2D eigenvalue weighted by atomic mass is 9.98. The Labute approximate surface area is 475 Å². The molecule has 0 aliphatic carbocycles. The van der Waals surface area contributed by atoms with Crippen molar-refractivity contribution in [3.63, 3.8) is 0 Å². The highest BCUT2D eigenvalue weighted by Gasteiger charge is 2.25. The molecule has 0 atom stereocenters. The molecule has 15 rings (SSSR count). The number of nitrogens with zero attached hydrogens (tertiary/aromatic N) is 7. The summed E-state index contributed by atoms with van der Waals surface area (Å²) in [7, 11) is 0. The first-order chi connectivity index (χ1) is 40.7. The molecule has 0 aliphatic rings. The van der Waals surface area contributed by atoms with Crippen molar-refractivity contribution in [2.75, 3.05) is 9.80 Å². The minimum absolute atomic E-state index is 0.466. The highest BCUT2D eigenvalue weighted by molar-refractivity contribution is 6.12. The van der Waals surface area contributed by atoms with E-state index in [-0.39, 0.29) is 0 Å². The lowest BCUT2D eigenvalue weighted by Crippen LogP contribution is -2.19. The Hall–Kier alpha value is -11.2. The number of benzene rings is 12. The molecule has 15 aromatic rings. The van der Waals surface area contributed by atoms with Crippen molar-refractivity contribution < 1.29 is 0 Å². The van der Waals surface area contributed by atoms with Gasteiger partial charge in [0.05, 0.1) is 22.1 Å². The van der Waals surface area contributed by atoms with Crippen LogP contribution in [0.4, 0.5) is 34.6 Å². The molecule has 0 saturated heterocycles. The maximum Gasteiger partial charge on any atom is 0.240 e. The molecular formula is C75H51N7. The van der Waals surface area contributed by atoms with Gasteiger partial charge >= 0.3 is 0 Å². The van der Waals surface area contributed by atoms with Crippen molar-refractivity contribution in [3.05, 3.63) is 309 Å². The number of anilines is 6. The van der Waals surface area contributed by atoms with E-state index in [1.54, 1.807) is 0 Å². The first kappa shape index (κ1) is 48.0. The van der Waals surface area contributed by atoms with Crippen molar-refractivity contribution in [1.29, 1.82) is 0 Å². The highest BCUT2D eigenvalue weighted by Crippen LogP contribution is 2.43. The monoisotopic (exact) mass is 1050 g/mol. The van der Waals surface area contributed by atoms with Gasteiger partial charge in [-0.25, -0.2) is 0 Å². The summed E-state index contributed by atoms with van der Waals surface area (Å²) in [5, 5.41) is 4.68. The maximum atomic E-state index is 5.58. The van der Waals surface area contributed by atoms with Gasteiger partial charge in [-0.05, 0) is 149 Å². The van der Waals surface area contributed by atoms with E-state index >= 15 is 0 Å². The number of hydrogen-bond donors (Lipinski definition) is 0. The van der Waals surface area contributed by atoms with Gasteiger partial charge in [-0.2, -0.15) is 15.0 Å². The normalized spacial score (nSPS) is 11.4. The molecule has 0 unspecified atom stereocenters. The molecule has 82 heavy (non-hydrogen) atoms. The first-order valence-electron chi connectivity index (χ1n) is 27.7. The molecule has 0 bridgehead atoms. The van der Waals surface area contributed by atoms with Crippen molar-refractivity contribution in [3.8, 4) is 56.1 Å². The fourth-order valence-corrected chi connectivity index (χ4v) is 11.7. The van der Waals surface area contributed by atoms with Crippen LogP contribution in [-0.2, 0) is 0 Å². The second-order valence-electron chi connectivity index (χ2n) is 20.5. The fraction of sp³-hybridized carbons (Fsp3) is 0. The van der Waals surface area contributed by atoms with Gasteiger partial charge in [0.25, 0.3) is 0 Å². The molecule has 386 valence electrons. The van der Waals surface area contributed by atoms with Gasteiger partial charge in [0.1, 0.15) is 0 Å². The van der Waals surface area contributed by atoms with E-state index in [0.717, 1.165) is 89.3 Å². The van der Waals surface area contributed by atoms with E-state index in [1.165, 1.54) is 27.4 Å². The van der Waals surface area contributed by atoms with Crippen molar-refractivity contribution >= 4 is 78.3 Å². The molecule has 0 saturated carbocycles. The summed E-state index contributed by atoms with van der Waals surface area (Å²) < 4.78 is 4.70. The average Bonchev–Trinajstić information content (AvgIpc) is 3.72. The second-order valence-corrected chi connectivity index (χ2v) is 20.5. The lowest BCUT2D eigenvalue weighted by Gasteiger charge is -2.27. The minimum Gasteiger partial charge on any atom is -0.309 e. The summed E-state index contributed by atoms with van der Waals surface area (Å²) in [6.07, 6.45) is 0. The number of fused-ring (bicyclic) bond motifs is 6. The summed E-state index contributed by atoms with van der Waals surface area (Å²) >= 11 is 0. The average molecular weight is 1050 g/mol.